The number of carbonyl (C=O) groups is 1. The molecule has 0 saturated carbocycles. The molecule has 0 amide bonds. The van der Waals surface area contributed by atoms with E-state index in [4.69, 9.17) is 32.7 Å². The van der Waals surface area contributed by atoms with E-state index in [0.29, 0.717) is 33.0 Å². The monoisotopic (exact) mass is 272 g/mol. The molecule has 2 aromatic rings. The molecule has 0 atom stereocenters. The van der Waals surface area contributed by atoms with Crippen LogP contribution in [-0.4, -0.2) is 11.1 Å². The average molecular weight is 273 g/mol. The van der Waals surface area contributed by atoms with Gasteiger partial charge < -0.3 is 9.52 Å². The van der Waals surface area contributed by atoms with Gasteiger partial charge in [-0.3, -0.25) is 0 Å². The Morgan fingerprint density at radius 1 is 1.41 bits per heavy atom. The zero-order valence-electron chi connectivity index (χ0n) is 9.09. The lowest BCUT2D eigenvalue weighted by Gasteiger charge is -1.97. The fraction of sp³-hybridized carbons (Fsp3) is 0.250. The molecule has 0 aliphatic heterocycles. The van der Waals surface area contributed by atoms with Crippen molar-refractivity contribution in [3.8, 4) is 0 Å². The summed E-state index contributed by atoms with van der Waals surface area (Å²) < 4.78 is 5.31. The van der Waals surface area contributed by atoms with Crippen LogP contribution in [-0.2, 0) is 6.42 Å². The smallest absolute Gasteiger partial charge is 0.372 e. The maximum atomic E-state index is 11.1. The van der Waals surface area contributed by atoms with Crippen molar-refractivity contribution in [1.29, 1.82) is 0 Å². The van der Waals surface area contributed by atoms with Gasteiger partial charge in [0.15, 0.2) is 5.58 Å². The van der Waals surface area contributed by atoms with Gasteiger partial charge in [-0.15, -0.1) is 0 Å². The van der Waals surface area contributed by atoms with Crippen molar-refractivity contribution < 1.29 is 14.3 Å². The third-order valence-corrected chi connectivity index (χ3v) is 3.00. The molecular weight excluding hydrogens is 263 g/mol. The highest BCUT2D eigenvalue weighted by Crippen LogP contribution is 2.34. The van der Waals surface area contributed by atoms with Gasteiger partial charge in [-0.05, 0) is 18.6 Å². The Morgan fingerprint density at radius 3 is 2.71 bits per heavy atom. The molecule has 0 bridgehead atoms. The number of halogens is 2. The largest absolute Gasteiger partial charge is 0.475 e. The van der Waals surface area contributed by atoms with Crippen LogP contribution in [0.1, 0.15) is 29.5 Å². The second kappa shape index (κ2) is 4.59. The average Bonchev–Trinajstić information content (AvgIpc) is 2.58. The van der Waals surface area contributed by atoms with Gasteiger partial charge in [0.25, 0.3) is 0 Å². The number of furan rings is 1. The molecule has 0 unspecified atom stereocenters. The molecule has 1 aromatic heterocycles. The Balaban J connectivity index is 2.79. The van der Waals surface area contributed by atoms with Gasteiger partial charge in [0, 0.05) is 16.0 Å². The van der Waals surface area contributed by atoms with Crippen LogP contribution in [0.5, 0.6) is 0 Å². The van der Waals surface area contributed by atoms with Crippen molar-refractivity contribution in [1.82, 2.24) is 0 Å². The Hall–Kier alpha value is -1.19. The van der Waals surface area contributed by atoms with E-state index in [-0.39, 0.29) is 5.76 Å². The number of aryl methyl sites for hydroxylation is 1. The molecular formula is C12H10Cl2O3. The highest BCUT2D eigenvalue weighted by molar-refractivity contribution is 6.38. The number of rotatable bonds is 3. The number of hydrogen-bond acceptors (Lipinski definition) is 2. The molecule has 90 valence electrons. The SMILES string of the molecule is CCCc1c(C(=O)O)oc2c(Cl)cc(Cl)cc12. The topological polar surface area (TPSA) is 50.4 Å². The predicted octanol–water partition coefficient (Wildman–Crippen LogP) is 4.39. The Bertz CT molecular complexity index is 587. The molecule has 5 heteroatoms. The third kappa shape index (κ3) is 2.13. The zero-order valence-corrected chi connectivity index (χ0v) is 10.6. The zero-order chi connectivity index (χ0) is 12.6. The van der Waals surface area contributed by atoms with Crippen molar-refractivity contribution >= 4 is 40.1 Å². The maximum Gasteiger partial charge on any atom is 0.372 e. The van der Waals surface area contributed by atoms with Crippen LogP contribution >= 0.6 is 23.2 Å². The van der Waals surface area contributed by atoms with Crippen LogP contribution in [0.4, 0.5) is 0 Å². The van der Waals surface area contributed by atoms with Crippen molar-refractivity contribution in [2.45, 2.75) is 19.8 Å². The summed E-state index contributed by atoms with van der Waals surface area (Å²) in [6.07, 6.45) is 1.43. The van der Waals surface area contributed by atoms with Crippen LogP contribution in [0.25, 0.3) is 11.0 Å². The van der Waals surface area contributed by atoms with Gasteiger partial charge in [-0.2, -0.15) is 0 Å². The maximum absolute atomic E-state index is 11.1. The summed E-state index contributed by atoms with van der Waals surface area (Å²) in [6, 6.07) is 3.22. The molecule has 17 heavy (non-hydrogen) atoms. The summed E-state index contributed by atoms with van der Waals surface area (Å²) in [7, 11) is 0. The lowest BCUT2D eigenvalue weighted by molar-refractivity contribution is 0.0663. The fourth-order valence-electron chi connectivity index (χ4n) is 1.85. The molecule has 0 radical (unpaired) electrons. The molecule has 1 heterocycles. The summed E-state index contributed by atoms with van der Waals surface area (Å²) in [6.45, 7) is 1.97. The Kier molecular flexibility index (Phi) is 3.31. The number of benzene rings is 1. The molecule has 1 aromatic carbocycles. The third-order valence-electron chi connectivity index (χ3n) is 2.51. The van der Waals surface area contributed by atoms with E-state index in [9.17, 15) is 4.79 Å². The first-order valence-corrected chi connectivity index (χ1v) is 5.94. The first-order chi connectivity index (χ1) is 8.04. The molecule has 2 rings (SSSR count). The van der Waals surface area contributed by atoms with Gasteiger partial charge in [0.05, 0.1) is 5.02 Å². The van der Waals surface area contributed by atoms with E-state index in [1.54, 1.807) is 6.07 Å². The molecule has 0 saturated heterocycles. The van der Waals surface area contributed by atoms with Crippen LogP contribution < -0.4 is 0 Å². The molecule has 0 aliphatic rings. The summed E-state index contributed by atoms with van der Waals surface area (Å²) in [4.78, 5) is 11.1. The van der Waals surface area contributed by atoms with E-state index in [0.717, 1.165) is 6.42 Å². The van der Waals surface area contributed by atoms with Gasteiger partial charge in [0.2, 0.25) is 5.76 Å². The summed E-state index contributed by atoms with van der Waals surface area (Å²) in [5.41, 5.74) is 1.04. The summed E-state index contributed by atoms with van der Waals surface area (Å²) in [5.74, 6) is -1.14. The number of aromatic carboxylic acids is 1. The molecule has 0 aliphatic carbocycles. The number of carboxylic acid groups (broad SMARTS) is 1. The van der Waals surface area contributed by atoms with E-state index in [1.807, 2.05) is 6.92 Å². The second-order valence-corrected chi connectivity index (χ2v) is 4.57. The van der Waals surface area contributed by atoms with Crippen LogP contribution in [0, 0.1) is 0 Å². The van der Waals surface area contributed by atoms with Gasteiger partial charge in [0.1, 0.15) is 0 Å². The fourth-order valence-corrected chi connectivity index (χ4v) is 2.38. The normalized spacial score (nSPS) is 11.0. The molecule has 0 spiro atoms. The minimum atomic E-state index is -1.09. The molecule has 0 fully saturated rings. The van der Waals surface area contributed by atoms with E-state index in [2.05, 4.69) is 0 Å². The van der Waals surface area contributed by atoms with Crippen molar-refractivity contribution in [2.75, 3.05) is 0 Å². The van der Waals surface area contributed by atoms with Gasteiger partial charge in [-0.1, -0.05) is 36.5 Å². The van der Waals surface area contributed by atoms with Crippen LogP contribution in [0.3, 0.4) is 0 Å². The quantitative estimate of drug-likeness (QED) is 0.902. The van der Waals surface area contributed by atoms with E-state index >= 15 is 0 Å². The number of carboxylic acids is 1. The van der Waals surface area contributed by atoms with E-state index in [1.165, 1.54) is 6.07 Å². The van der Waals surface area contributed by atoms with Crippen LogP contribution in [0.15, 0.2) is 16.5 Å². The Labute approximate surface area is 108 Å². The minimum Gasteiger partial charge on any atom is -0.475 e. The lowest BCUT2D eigenvalue weighted by atomic mass is 10.1. The predicted molar refractivity (Wildman–Crippen MR) is 67.2 cm³/mol. The van der Waals surface area contributed by atoms with Crippen molar-refractivity contribution in [2.24, 2.45) is 0 Å². The standard InChI is InChI=1S/C12H10Cl2O3/c1-2-3-7-8-4-6(13)5-9(14)10(8)17-11(7)12(15)16/h4-5H,2-3H2,1H3,(H,15,16). The lowest BCUT2D eigenvalue weighted by Crippen LogP contribution is -1.98. The van der Waals surface area contributed by atoms with Crippen LogP contribution in [0.2, 0.25) is 10.0 Å². The first kappa shape index (κ1) is 12.3. The van der Waals surface area contributed by atoms with Gasteiger partial charge >= 0.3 is 5.97 Å². The minimum absolute atomic E-state index is 0.0500. The molecule has 3 nitrogen and oxygen atoms in total. The molecule has 1 N–H and O–H groups in total. The van der Waals surface area contributed by atoms with E-state index < -0.39 is 5.97 Å². The summed E-state index contributed by atoms with van der Waals surface area (Å²) in [5, 5.41) is 10.6. The highest BCUT2D eigenvalue weighted by Gasteiger charge is 2.21. The van der Waals surface area contributed by atoms with Crippen molar-refractivity contribution in [3.63, 3.8) is 0 Å². The van der Waals surface area contributed by atoms with Crippen molar-refractivity contribution in [3.05, 3.63) is 33.5 Å². The second-order valence-electron chi connectivity index (χ2n) is 3.73. The first-order valence-electron chi connectivity index (χ1n) is 5.18. The Morgan fingerprint density at radius 2 is 2.12 bits per heavy atom. The van der Waals surface area contributed by atoms with Gasteiger partial charge in [-0.25, -0.2) is 4.79 Å². The number of hydrogen-bond donors (Lipinski definition) is 1. The summed E-state index contributed by atoms with van der Waals surface area (Å²) >= 11 is 11.9. The highest BCUT2D eigenvalue weighted by atomic mass is 35.5. The number of fused-ring (bicyclic) bond motifs is 1.